The van der Waals surface area contributed by atoms with Crippen LogP contribution in [0.1, 0.15) is 11.1 Å². The SMILES string of the molecule is Cc1ccc(S(=O)(=O)OC2=C(C(=O)OCC(Cl)(Cl)Cl)N3C(=O)C(NC(=O)Cc4ccccc4)[C@@H]3SC2)cc1. The summed E-state index contributed by atoms with van der Waals surface area (Å²) in [5.41, 5.74) is 1.16. The van der Waals surface area contributed by atoms with Crippen LogP contribution < -0.4 is 5.32 Å². The van der Waals surface area contributed by atoms with Crippen molar-refractivity contribution in [3.63, 3.8) is 0 Å². The number of alkyl halides is 3. The second-order valence-corrected chi connectivity index (χ2v) is 13.6. The van der Waals surface area contributed by atoms with Crippen LogP contribution in [0.5, 0.6) is 0 Å². The molecule has 1 saturated heterocycles. The van der Waals surface area contributed by atoms with E-state index in [4.69, 9.17) is 43.7 Å². The first-order valence-electron chi connectivity index (χ1n) is 11.1. The number of nitrogens with zero attached hydrogens (tertiary/aromatic N) is 1. The van der Waals surface area contributed by atoms with E-state index < -0.39 is 49.5 Å². The Hall–Kier alpha value is -2.44. The fourth-order valence-corrected chi connectivity index (χ4v) is 6.21. The topological polar surface area (TPSA) is 119 Å². The maximum Gasteiger partial charge on any atom is 0.358 e. The summed E-state index contributed by atoms with van der Waals surface area (Å²) in [5, 5.41) is 1.97. The molecule has 0 spiro atoms. The fraction of sp³-hybridized carbons (Fsp3) is 0.292. The highest BCUT2D eigenvalue weighted by Gasteiger charge is 2.55. The molecule has 0 saturated carbocycles. The van der Waals surface area contributed by atoms with Gasteiger partial charge in [-0.2, -0.15) is 8.42 Å². The number of benzene rings is 2. The minimum atomic E-state index is -4.35. The van der Waals surface area contributed by atoms with Crippen LogP contribution in [0.15, 0.2) is 70.9 Å². The molecule has 0 aromatic heterocycles. The van der Waals surface area contributed by atoms with E-state index >= 15 is 0 Å². The van der Waals surface area contributed by atoms with Gasteiger partial charge in [0.1, 0.15) is 22.9 Å². The smallest absolute Gasteiger partial charge is 0.358 e. The molecular formula is C24H21Cl3N2O7S2. The Morgan fingerprint density at radius 3 is 2.39 bits per heavy atom. The second-order valence-electron chi connectivity index (χ2n) is 8.43. The van der Waals surface area contributed by atoms with Crippen molar-refractivity contribution in [1.29, 1.82) is 0 Å². The molecule has 1 N–H and O–H groups in total. The Kier molecular flexibility index (Phi) is 8.53. The first-order valence-corrected chi connectivity index (χ1v) is 14.7. The summed E-state index contributed by atoms with van der Waals surface area (Å²) >= 11 is 18.2. The molecule has 2 aliphatic heterocycles. The van der Waals surface area contributed by atoms with Gasteiger partial charge in [-0.25, -0.2) is 4.79 Å². The number of hydrogen-bond donors (Lipinski definition) is 1. The van der Waals surface area contributed by atoms with E-state index in [1.165, 1.54) is 12.1 Å². The Bertz CT molecular complexity index is 1380. The number of esters is 1. The summed E-state index contributed by atoms with van der Waals surface area (Å²) in [6, 6.07) is 13.9. The monoisotopic (exact) mass is 618 g/mol. The van der Waals surface area contributed by atoms with Crippen molar-refractivity contribution in [2.75, 3.05) is 12.4 Å². The van der Waals surface area contributed by atoms with Gasteiger partial charge in [0, 0.05) is 0 Å². The third kappa shape index (κ3) is 6.58. The Balaban J connectivity index is 1.57. The number of β-lactam (4-membered cyclic amide) rings is 1. The van der Waals surface area contributed by atoms with Gasteiger partial charge in [0.05, 0.1) is 12.2 Å². The summed E-state index contributed by atoms with van der Waals surface area (Å²) < 4.78 is 34.3. The Morgan fingerprint density at radius 1 is 1.11 bits per heavy atom. The maximum atomic E-state index is 13.1. The van der Waals surface area contributed by atoms with Crippen LogP contribution in [0.4, 0.5) is 0 Å². The molecule has 9 nitrogen and oxygen atoms in total. The molecule has 0 bridgehead atoms. The molecule has 0 radical (unpaired) electrons. The van der Waals surface area contributed by atoms with Crippen LogP contribution in [0.3, 0.4) is 0 Å². The number of halogens is 3. The van der Waals surface area contributed by atoms with Crippen LogP contribution in [0.2, 0.25) is 0 Å². The van der Waals surface area contributed by atoms with Gasteiger partial charge < -0.3 is 14.2 Å². The molecule has 2 aliphatic rings. The maximum absolute atomic E-state index is 13.1. The number of carbonyl (C=O) groups excluding carboxylic acids is 3. The van der Waals surface area contributed by atoms with Crippen molar-refractivity contribution < 1.29 is 31.7 Å². The number of nitrogens with one attached hydrogen (secondary N) is 1. The van der Waals surface area contributed by atoms with E-state index in [0.717, 1.165) is 27.8 Å². The van der Waals surface area contributed by atoms with E-state index in [1.54, 1.807) is 43.3 Å². The van der Waals surface area contributed by atoms with Gasteiger partial charge in [0.15, 0.2) is 11.5 Å². The molecule has 4 rings (SSSR count). The van der Waals surface area contributed by atoms with E-state index in [-0.39, 0.29) is 28.7 Å². The van der Waals surface area contributed by atoms with Crippen molar-refractivity contribution in [3.05, 3.63) is 77.2 Å². The minimum Gasteiger partial charge on any atom is -0.456 e. The zero-order chi connectivity index (χ0) is 27.7. The number of thioether (sulfide) groups is 1. The quantitative estimate of drug-likeness (QED) is 0.207. The standard InChI is InChI=1S/C24H21Cl3N2O7S2/c1-14-7-9-16(10-8-14)38(33,34)36-17-12-37-22-19(28-18(30)11-15-5-3-2-4-6-15)21(31)29(22)20(17)23(32)35-13-24(25,26)27/h2-10,19,22H,11-13H2,1H3,(H,28,30)/t19?,22-/m0/s1. The predicted molar refractivity (Wildman–Crippen MR) is 143 cm³/mol. The van der Waals surface area contributed by atoms with Crippen molar-refractivity contribution >= 4 is 74.5 Å². The Labute approximate surface area is 238 Å². The molecule has 2 heterocycles. The lowest BCUT2D eigenvalue weighted by Crippen LogP contribution is -2.70. The third-order valence-corrected chi connectivity index (χ3v) is 8.39. The average Bonchev–Trinajstić information content (AvgIpc) is 2.86. The molecule has 1 fully saturated rings. The highest BCUT2D eigenvalue weighted by molar-refractivity contribution is 8.00. The number of amides is 2. The summed E-state index contributed by atoms with van der Waals surface area (Å²) in [6.07, 6.45) is 0.0547. The molecule has 202 valence electrons. The van der Waals surface area contributed by atoms with Crippen LogP contribution in [0.25, 0.3) is 0 Å². The van der Waals surface area contributed by atoms with Gasteiger partial charge >= 0.3 is 16.1 Å². The lowest BCUT2D eigenvalue weighted by molar-refractivity contribution is -0.153. The number of hydrogen-bond acceptors (Lipinski definition) is 8. The molecule has 38 heavy (non-hydrogen) atoms. The van der Waals surface area contributed by atoms with Gasteiger partial charge in [-0.15, -0.1) is 11.8 Å². The first kappa shape index (κ1) is 28.6. The van der Waals surface area contributed by atoms with Gasteiger partial charge in [0.25, 0.3) is 5.91 Å². The number of fused-ring (bicyclic) bond motifs is 1. The molecule has 2 aromatic rings. The van der Waals surface area contributed by atoms with Crippen LogP contribution in [-0.4, -0.2) is 58.7 Å². The molecule has 1 unspecified atom stereocenters. The van der Waals surface area contributed by atoms with Crippen LogP contribution in [0, 0.1) is 6.92 Å². The van der Waals surface area contributed by atoms with E-state index in [1.807, 2.05) is 6.07 Å². The lowest BCUT2D eigenvalue weighted by Gasteiger charge is -2.49. The van der Waals surface area contributed by atoms with Crippen LogP contribution >= 0.6 is 46.6 Å². The Morgan fingerprint density at radius 2 is 1.76 bits per heavy atom. The summed E-state index contributed by atoms with van der Waals surface area (Å²) in [4.78, 5) is 39.5. The molecular weight excluding hydrogens is 599 g/mol. The van der Waals surface area contributed by atoms with Gasteiger partial charge in [-0.05, 0) is 24.6 Å². The fourth-order valence-electron chi connectivity index (χ4n) is 3.75. The molecule has 14 heteroatoms. The number of aryl methyl sites for hydroxylation is 1. The lowest BCUT2D eigenvalue weighted by atomic mass is 10.0. The molecule has 2 amide bonds. The first-order chi connectivity index (χ1) is 17.9. The summed E-state index contributed by atoms with van der Waals surface area (Å²) in [5.74, 6) is -2.56. The van der Waals surface area contributed by atoms with Crippen molar-refractivity contribution in [3.8, 4) is 0 Å². The van der Waals surface area contributed by atoms with Gasteiger partial charge in [-0.3, -0.25) is 14.5 Å². The van der Waals surface area contributed by atoms with Crippen molar-refractivity contribution in [2.45, 2.75) is 33.4 Å². The second kappa shape index (κ2) is 11.4. The minimum absolute atomic E-state index is 0.0547. The van der Waals surface area contributed by atoms with E-state index in [2.05, 4.69) is 5.32 Å². The number of rotatable bonds is 8. The van der Waals surface area contributed by atoms with Gasteiger partial charge in [0.2, 0.25) is 9.70 Å². The highest BCUT2D eigenvalue weighted by Crippen LogP contribution is 2.42. The third-order valence-electron chi connectivity index (χ3n) is 5.54. The van der Waals surface area contributed by atoms with E-state index in [9.17, 15) is 22.8 Å². The zero-order valence-electron chi connectivity index (χ0n) is 19.7. The van der Waals surface area contributed by atoms with Crippen molar-refractivity contribution in [2.24, 2.45) is 0 Å². The van der Waals surface area contributed by atoms with Crippen LogP contribution in [-0.2, 0) is 39.8 Å². The summed E-state index contributed by atoms with van der Waals surface area (Å²) in [6.45, 7) is 1.13. The van der Waals surface area contributed by atoms with Gasteiger partial charge in [-0.1, -0.05) is 82.8 Å². The molecule has 0 aliphatic carbocycles. The summed E-state index contributed by atoms with van der Waals surface area (Å²) in [7, 11) is -4.35. The zero-order valence-corrected chi connectivity index (χ0v) is 23.6. The highest BCUT2D eigenvalue weighted by atomic mass is 35.6. The number of carbonyl (C=O) groups is 3. The largest absolute Gasteiger partial charge is 0.456 e. The number of ether oxygens (including phenoxy) is 1. The normalized spacial score (nSPS) is 19.4. The average molecular weight is 620 g/mol. The van der Waals surface area contributed by atoms with E-state index in [0.29, 0.717) is 0 Å². The van der Waals surface area contributed by atoms with Crippen molar-refractivity contribution in [1.82, 2.24) is 10.2 Å². The molecule has 2 aromatic carbocycles. The predicted octanol–water partition coefficient (Wildman–Crippen LogP) is 3.47. The molecule has 2 atom stereocenters.